The third kappa shape index (κ3) is 1.28. The first-order valence-electron chi connectivity index (χ1n) is 4.13. The summed E-state index contributed by atoms with van der Waals surface area (Å²) >= 11 is 0. The van der Waals surface area contributed by atoms with Gasteiger partial charge in [-0.1, -0.05) is 6.07 Å². The maximum Gasteiger partial charge on any atom is 0.250 e. The van der Waals surface area contributed by atoms with Gasteiger partial charge in [0.2, 0.25) is 0 Å². The zero-order valence-electron chi connectivity index (χ0n) is 6.77. The molecule has 0 unspecified atom stereocenters. The lowest BCUT2D eigenvalue weighted by atomic mass is 10.2. The van der Waals surface area contributed by atoms with Crippen molar-refractivity contribution in [2.75, 3.05) is 13.2 Å². The number of hydrogen-bond donors (Lipinski definition) is 0. The molecule has 12 heavy (non-hydrogen) atoms. The minimum atomic E-state index is 0.0630. The molecule has 0 radical (unpaired) electrons. The zero-order valence-corrected chi connectivity index (χ0v) is 6.77. The predicted octanol–water partition coefficient (Wildman–Crippen LogP) is 0.810. The van der Waals surface area contributed by atoms with Gasteiger partial charge < -0.3 is 9.30 Å². The van der Waals surface area contributed by atoms with E-state index in [2.05, 4.69) is 0 Å². The topological polar surface area (TPSA) is 31.2 Å². The van der Waals surface area contributed by atoms with E-state index in [1.54, 1.807) is 16.7 Å². The Hall–Kier alpha value is -1.09. The summed E-state index contributed by atoms with van der Waals surface area (Å²) in [6.07, 6.45) is 2.77. The van der Waals surface area contributed by atoms with Crippen molar-refractivity contribution < 1.29 is 4.74 Å². The Labute approximate surface area is 70.6 Å². The first-order valence-corrected chi connectivity index (χ1v) is 4.13. The Balaban J connectivity index is 2.32. The monoisotopic (exact) mass is 165 g/mol. The van der Waals surface area contributed by atoms with Crippen molar-refractivity contribution in [2.45, 2.75) is 12.5 Å². The largest absolute Gasteiger partial charge is 0.379 e. The van der Waals surface area contributed by atoms with E-state index in [-0.39, 0.29) is 11.6 Å². The lowest BCUT2D eigenvalue weighted by Crippen LogP contribution is -2.23. The van der Waals surface area contributed by atoms with Crippen molar-refractivity contribution in [1.29, 1.82) is 0 Å². The molecule has 0 N–H and O–H groups in total. The lowest BCUT2D eigenvalue weighted by Gasteiger charge is -2.10. The quantitative estimate of drug-likeness (QED) is 0.616. The number of rotatable bonds is 1. The molecule has 1 fully saturated rings. The first-order chi connectivity index (χ1) is 5.88. The molecule has 2 heterocycles. The van der Waals surface area contributed by atoms with E-state index in [1.807, 2.05) is 12.3 Å². The van der Waals surface area contributed by atoms with Crippen LogP contribution in [-0.4, -0.2) is 17.8 Å². The van der Waals surface area contributed by atoms with Crippen molar-refractivity contribution in [2.24, 2.45) is 0 Å². The number of hydrogen-bond acceptors (Lipinski definition) is 2. The highest BCUT2D eigenvalue weighted by Gasteiger charge is 2.17. The smallest absolute Gasteiger partial charge is 0.250 e. The van der Waals surface area contributed by atoms with Gasteiger partial charge in [0.05, 0.1) is 12.6 Å². The fraction of sp³-hybridized carbons (Fsp3) is 0.444. The highest BCUT2D eigenvalue weighted by Crippen LogP contribution is 2.15. The Kier molecular flexibility index (Phi) is 1.96. The molecular formula is C9H11NO2. The molecule has 1 aliphatic rings. The first kappa shape index (κ1) is 7.55. The van der Waals surface area contributed by atoms with E-state index >= 15 is 0 Å². The van der Waals surface area contributed by atoms with Crippen molar-refractivity contribution >= 4 is 0 Å². The van der Waals surface area contributed by atoms with Crippen LogP contribution in [0, 0.1) is 0 Å². The molecule has 3 heteroatoms. The van der Waals surface area contributed by atoms with Gasteiger partial charge in [0.25, 0.3) is 5.56 Å². The number of aromatic nitrogens is 1. The third-order valence-electron chi connectivity index (χ3n) is 2.15. The predicted molar refractivity (Wildman–Crippen MR) is 45.2 cm³/mol. The summed E-state index contributed by atoms with van der Waals surface area (Å²) in [5.74, 6) is 0. The van der Waals surface area contributed by atoms with Gasteiger partial charge in [0.15, 0.2) is 0 Å². The highest BCUT2D eigenvalue weighted by molar-refractivity contribution is 4.95. The Bertz CT molecular complexity index is 312. The van der Waals surface area contributed by atoms with Gasteiger partial charge in [-0.2, -0.15) is 0 Å². The normalized spacial score (nSPS) is 22.8. The van der Waals surface area contributed by atoms with Crippen LogP contribution in [0.25, 0.3) is 0 Å². The van der Waals surface area contributed by atoms with Crippen LogP contribution in [0.1, 0.15) is 12.5 Å². The van der Waals surface area contributed by atoms with Crippen molar-refractivity contribution in [3.8, 4) is 0 Å². The van der Waals surface area contributed by atoms with Gasteiger partial charge in [-0.15, -0.1) is 0 Å². The van der Waals surface area contributed by atoms with E-state index in [9.17, 15) is 4.79 Å². The molecule has 2 rings (SSSR count). The SMILES string of the molecule is O=c1ccccn1[C@H]1CCOC1. The summed E-state index contributed by atoms with van der Waals surface area (Å²) in [6, 6.07) is 5.46. The molecule has 64 valence electrons. The maximum absolute atomic E-state index is 11.3. The van der Waals surface area contributed by atoms with E-state index in [1.165, 1.54) is 0 Å². The molecule has 0 aliphatic carbocycles. The Morgan fingerprint density at radius 3 is 3.08 bits per heavy atom. The van der Waals surface area contributed by atoms with E-state index in [0.717, 1.165) is 13.0 Å². The molecule has 0 aromatic carbocycles. The fourth-order valence-electron chi connectivity index (χ4n) is 1.48. The second kappa shape index (κ2) is 3.11. The van der Waals surface area contributed by atoms with Crippen molar-refractivity contribution in [3.05, 3.63) is 34.7 Å². The van der Waals surface area contributed by atoms with E-state index in [0.29, 0.717) is 6.61 Å². The molecule has 1 aromatic rings. The molecule has 0 saturated carbocycles. The zero-order chi connectivity index (χ0) is 8.39. The molecule has 1 aromatic heterocycles. The average Bonchev–Trinajstić information content (AvgIpc) is 2.57. The third-order valence-corrected chi connectivity index (χ3v) is 2.15. The molecule has 1 saturated heterocycles. The van der Waals surface area contributed by atoms with Crippen LogP contribution in [0.15, 0.2) is 29.2 Å². The molecular weight excluding hydrogens is 154 g/mol. The van der Waals surface area contributed by atoms with Crippen LogP contribution < -0.4 is 5.56 Å². The van der Waals surface area contributed by atoms with Gasteiger partial charge in [0, 0.05) is 18.9 Å². The van der Waals surface area contributed by atoms with Gasteiger partial charge in [0.1, 0.15) is 0 Å². The van der Waals surface area contributed by atoms with Gasteiger partial charge in [-0.05, 0) is 12.5 Å². The van der Waals surface area contributed by atoms with Crippen LogP contribution in [-0.2, 0) is 4.74 Å². The Morgan fingerprint density at radius 2 is 2.42 bits per heavy atom. The number of pyridine rings is 1. The van der Waals surface area contributed by atoms with Crippen LogP contribution in [0.3, 0.4) is 0 Å². The van der Waals surface area contributed by atoms with Crippen LogP contribution in [0.2, 0.25) is 0 Å². The summed E-state index contributed by atoms with van der Waals surface area (Å²) in [7, 11) is 0. The second-order valence-electron chi connectivity index (χ2n) is 2.96. The summed E-state index contributed by atoms with van der Waals surface area (Å²) in [5, 5.41) is 0. The van der Waals surface area contributed by atoms with Gasteiger partial charge in [-0.3, -0.25) is 4.79 Å². The number of nitrogens with zero attached hydrogens (tertiary/aromatic N) is 1. The lowest BCUT2D eigenvalue weighted by molar-refractivity contribution is 0.186. The summed E-state index contributed by atoms with van der Waals surface area (Å²) in [5.41, 5.74) is 0.0630. The average molecular weight is 165 g/mol. The van der Waals surface area contributed by atoms with Gasteiger partial charge in [-0.25, -0.2) is 0 Å². The van der Waals surface area contributed by atoms with Crippen molar-refractivity contribution in [1.82, 2.24) is 4.57 Å². The highest BCUT2D eigenvalue weighted by atomic mass is 16.5. The molecule has 0 spiro atoms. The van der Waals surface area contributed by atoms with Crippen LogP contribution >= 0.6 is 0 Å². The van der Waals surface area contributed by atoms with Gasteiger partial charge >= 0.3 is 0 Å². The maximum atomic E-state index is 11.3. The second-order valence-corrected chi connectivity index (χ2v) is 2.96. The van der Waals surface area contributed by atoms with E-state index in [4.69, 9.17) is 4.74 Å². The minimum Gasteiger partial charge on any atom is -0.379 e. The molecule has 3 nitrogen and oxygen atoms in total. The van der Waals surface area contributed by atoms with Crippen LogP contribution in [0.5, 0.6) is 0 Å². The fourth-order valence-corrected chi connectivity index (χ4v) is 1.48. The molecule has 0 bridgehead atoms. The number of ether oxygens (including phenoxy) is 1. The molecule has 1 atom stereocenters. The minimum absolute atomic E-state index is 0.0630. The standard InChI is InChI=1S/C9H11NO2/c11-9-3-1-2-5-10(9)8-4-6-12-7-8/h1-3,5,8H,4,6-7H2/t8-/m0/s1. The summed E-state index contributed by atoms with van der Waals surface area (Å²) in [4.78, 5) is 11.3. The van der Waals surface area contributed by atoms with Crippen molar-refractivity contribution in [3.63, 3.8) is 0 Å². The molecule has 0 amide bonds. The molecule has 1 aliphatic heterocycles. The summed E-state index contributed by atoms with van der Waals surface area (Å²) < 4.78 is 6.95. The Morgan fingerprint density at radius 1 is 1.50 bits per heavy atom. The van der Waals surface area contributed by atoms with E-state index < -0.39 is 0 Å². The summed E-state index contributed by atoms with van der Waals surface area (Å²) in [6.45, 7) is 1.44. The van der Waals surface area contributed by atoms with Crippen LogP contribution in [0.4, 0.5) is 0 Å².